The van der Waals surface area contributed by atoms with Crippen molar-refractivity contribution in [1.29, 1.82) is 0 Å². The van der Waals surface area contributed by atoms with Gasteiger partial charge in [-0.1, -0.05) is 13.8 Å². The summed E-state index contributed by atoms with van der Waals surface area (Å²) in [6, 6.07) is 6.92. The molecule has 0 amide bonds. The van der Waals surface area contributed by atoms with Crippen molar-refractivity contribution in [3.63, 3.8) is 0 Å². The first-order chi connectivity index (χ1) is 8.15. The molecule has 102 valence electrons. The van der Waals surface area contributed by atoms with E-state index in [1.165, 1.54) is 6.26 Å². The van der Waals surface area contributed by atoms with Crippen molar-refractivity contribution in [1.82, 2.24) is 0 Å². The fourth-order valence-electron chi connectivity index (χ4n) is 1.75. The van der Waals surface area contributed by atoms with E-state index < -0.39 is 9.84 Å². The number of rotatable bonds is 5. The van der Waals surface area contributed by atoms with E-state index in [4.69, 9.17) is 5.73 Å². The second-order valence-corrected chi connectivity index (χ2v) is 7.51. The highest BCUT2D eigenvalue weighted by molar-refractivity contribution is 7.90. The van der Waals surface area contributed by atoms with Crippen molar-refractivity contribution in [2.24, 2.45) is 11.1 Å². The van der Waals surface area contributed by atoms with E-state index in [1.807, 2.05) is 19.2 Å². The molecule has 5 heteroatoms. The van der Waals surface area contributed by atoms with E-state index in [9.17, 15) is 8.42 Å². The van der Waals surface area contributed by atoms with Crippen LogP contribution in [0.4, 0.5) is 5.69 Å². The first kappa shape index (κ1) is 15.0. The van der Waals surface area contributed by atoms with Crippen molar-refractivity contribution in [3.8, 4) is 0 Å². The molecular formula is C13H22N2O2S. The van der Waals surface area contributed by atoms with E-state index in [1.54, 1.807) is 12.1 Å². The molecule has 2 N–H and O–H groups in total. The van der Waals surface area contributed by atoms with Crippen LogP contribution >= 0.6 is 0 Å². The normalized spacial score (nSPS) is 12.5. The number of nitrogens with two attached hydrogens (primary N) is 1. The highest BCUT2D eigenvalue weighted by Gasteiger charge is 2.18. The molecule has 18 heavy (non-hydrogen) atoms. The summed E-state index contributed by atoms with van der Waals surface area (Å²) in [5.74, 6) is 0. The maximum absolute atomic E-state index is 11.4. The molecule has 0 saturated heterocycles. The molecule has 0 atom stereocenters. The second-order valence-electron chi connectivity index (χ2n) is 5.49. The minimum atomic E-state index is -3.12. The van der Waals surface area contributed by atoms with Crippen LogP contribution < -0.4 is 10.6 Å². The van der Waals surface area contributed by atoms with Gasteiger partial charge in [-0.15, -0.1) is 0 Å². The minimum absolute atomic E-state index is 0.0320. The average Bonchev–Trinajstić information content (AvgIpc) is 2.27. The van der Waals surface area contributed by atoms with E-state index >= 15 is 0 Å². The van der Waals surface area contributed by atoms with Gasteiger partial charge in [0.1, 0.15) is 0 Å². The van der Waals surface area contributed by atoms with Crippen LogP contribution in [-0.4, -0.2) is 34.8 Å². The highest BCUT2D eigenvalue weighted by atomic mass is 32.2. The van der Waals surface area contributed by atoms with Gasteiger partial charge in [0.25, 0.3) is 0 Å². The summed E-state index contributed by atoms with van der Waals surface area (Å²) in [7, 11) is -1.14. The van der Waals surface area contributed by atoms with Gasteiger partial charge in [-0.05, 0) is 36.2 Å². The number of benzene rings is 1. The van der Waals surface area contributed by atoms with Gasteiger partial charge in [0.2, 0.25) is 0 Å². The monoisotopic (exact) mass is 270 g/mol. The summed E-state index contributed by atoms with van der Waals surface area (Å²) < 4.78 is 22.7. The van der Waals surface area contributed by atoms with Crippen molar-refractivity contribution in [2.45, 2.75) is 18.7 Å². The molecule has 4 nitrogen and oxygen atoms in total. The first-order valence-corrected chi connectivity index (χ1v) is 7.76. The van der Waals surface area contributed by atoms with Crippen LogP contribution in [0, 0.1) is 5.41 Å². The summed E-state index contributed by atoms with van der Waals surface area (Å²) in [4.78, 5) is 2.43. The Kier molecular flexibility index (Phi) is 4.40. The number of anilines is 1. The zero-order chi connectivity index (χ0) is 14.0. The van der Waals surface area contributed by atoms with Crippen LogP contribution in [0.1, 0.15) is 13.8 Å². The lowest BCUT2D eigenvalue weighted by Gasteiger charge is -2.30. The molecule has 0 bridgehead atoms. The number of hydrogen-bond acceptors (Lipinski definition) is 4. The highest BCUT2D eigenvalue weighted by Crippen LogP contribution is 2.21. The molecule has 0 aromatic heterocycles. The number of nitrogens with zero attached hydrogens (tertiary/aromatic N) is 1. The summed E-state index contributed by atoms with van der Waals surface area (Å²) in [6.45, 7) is 5.64. The van der Waals surface area contributed by atoms with Crippen LogP contribution in [0.3, 0.4) is 0 Å². The maximum atomic E-state index is 11.4. The topological polar surface area (TPSA) is 63.4 Å². The van der Waals surface area contributed by atoms with Gasteiger partial charge in [0.15, 0.2) is 9.84 Å². The molecule has 0 aliphatic rings. The van der Waals surface area contributed by atoms with Crippen LogP contribution in [-0.2, 0) is 9.84 Å². The summed E-state index contributed by atoms with van der Waals surface area (Å²) >= 11 is 0. The molecule has 0 saturated carbocycles. The molecule has 0 unspecified atom stereocenters. The Bertz CT molecular complexity index is 492. The second kappa shape index (κ2) is 5.28. The third-order valence-electron chi connectivity index (χ3n) is 2.92. The van der Waals surface area contributed by atoms with Crippen molar-refractivity contribution < 1.29 is 8.42 Å². The Hall–Kier alpha value is -1.07. The molecule has 0 fully saturated rings. The van der Waals surface area contributed by atoms with Gasteiger partial charge < -0.3 is 10.6 Å². The predicted molar refractivity (Wildman–Crippen MR) is 75.7 cm³/mol. The Morgan fingerprint density at radius 1 is 1.22 bits per heavy atom. The maximum Gasteiger partial charge on any atom is 0.175 e. The smallest absolute Gasteiger partial charge is 0.175 e. The van der Waals surface area contributed by atoms with Gasteiger partial charge in [-0.25, -0.2) is 8.42 Å². The van der Waals surface area contributed by atoms with Gasteiger partial charge in [0.05, 0.1) is 4.90 Å². The Morgan fingerprint density at radius 3 is 2.11 bits per heavy atom. The number of sulfone groups is 1. The molecule has 0 heterocycles. The third-order valence-corrected chi connectivity index (χ3v) is 4.05. The molecule has 0 spiro atoms. The van der Waals surface area contributed by atoms with Crippen LogP contribution in [0.15, 0.2) is 29.2 Å². The average molecular weight is 270 g/mol. The van der Waals surface area contributed by atoms with E-state index in [-0.39, 0.29) is 5.41 Å². The molecule has 0 radical (unpaired) electrons. The minimum Gasteiger partial charge on any atom is -0.374 e. The molecule has 0 aliphatic carbocycles. The van der Waals surface area contributed by atoms with Gasteiger partial charge in [-0.2, -0.15) is 0 Å². The van der Waals surface area contributed by atoms with E-state index in [0.29, 0.717) is 11.4 Å². The molecule has 1 aromatic rings. The summed E-state index contributed by atoms with van der Waals surface area (Å²) in [6.07, 6.45) is 1.21. The predicted octanol–water partition coefficient (Wildman–Crippen LogP) is 1.51. The van der Waals surface area contributed by atoms with Gasteiger partial charge in [0, 0.05) is 25.5 Å². The molecular weight excluding hydrogens is 248 g/mol. The van der Waals surface area contributed by atoms with Crippen molar-refractivity contribution >= 4 is 15.5 Å². The van der Waals surface area contributed by atoms with Crippen LogP contribution in [0.2, 0.25) is 0 Å². The molecule has 0 aliphatic heterocycles. The van der Waals surface area contributed by atoms with Crippen molar-refractivity contribution in [2.75, 3.05) is 31.3 Å². The quantitative estimate of drug-likeness (QED) is 0.881. The SMILES string of the molecule is CN(CC(C)(C)CN)c1ccc(S(C)(=O)=O)cc1. The standard InChI is InChI=1S/C13H22N2O2S/c1-13(2,9-14)10-15(3)11-5-7-12(8-6-11)18(4,16)17/h5-8H,9-10,14H2,1-4H3. The molecule has 1 rings (SSSR count). The zero-order valence-electron chi connectivity index (χ0n) is 11.5. The lowest BCUT2D eigenvalue weighted by Crippen LogP contribution is -2.36. The fourth-order valence-corrected chi connectivity index (χ4v) is 2.38. The van der Waals surface area contributed by atoms with Gasteiger partial charge in [-0.3, -0.25) is 0 Å². The van der Waals surface area contributed by atoms with E-state index in [2.05, 4.69) is 18.7 Å². The molecule has 1 aromatic carbocycles. The third kappa shape index (κ3) is 3.99. The fraction of sp³-hybridized carbons (Fsp3) is 0.538. The Labute approximate surface area is 110 Å². The van der Waals surface area contributed by atoms with Crippen LogP contribution in [0.25, 0.3) is 0 Å². The Morgan fingerprint density at radius 2 is 1.72 bits per heavy atom. The number of hydrogen-bond donors (Lipinski definition) is 1. The van der Waals surface area contributed by atoms with Gasteiger partial charge >= 0.3 is 0 Å². The van der Waals surface area contributed by atoms with E-state index in [0.717, 1.165) is 12.2 Å². The summed E-state index contributed by atoms with van der Waals surface area (Å²) in [5, 5.41) is 0. The Balaban J connectivity index is 2.86. The van der Waals surface area contributed by atoms with Crippen LogP contribution in [0.5, 0.6) is 0 Å². The lowest BCUT2D eigenvalue weighted by atomic mass is 9.93. The first-order valence-electron chi connectivity index (χ1n) is 5.87. The van der Waals surface area contributed by atoms with Crippen molar-refractivity contribution in [3.05, 3.63) is 24.3 Å². The summed E-state index contributed by atoms with van der Waals surface area (Å²) in [5.41, 5.74) is 6.73. The largest absolute Gasteiger partial charge is 0.374 e. The lowest BCUT2D eigenvalue weighted by molar-refractivity contribution is 0.385. The zero-order valence-corrected chi connectivity index (χ0v) is 12.3.